The number of benzene rings is 1. The van der Waals surface area contributed by atoms with Crippen LogP contribution in [-0.4, -0.2) is 23.7 Å². The molecule has 0 heterocycles. The lowest BCUT2D eigenvalue weighted by atomic mass is 9.96. The van der Waals surface area contributed by atoms with E-state index in [1.807, 2.05) is 0 Å². The van der Waals surface area contributed by atoms with Crippen LogP contribution in [0.25, 0.3) is 0 Å². The maximum Gasteiger partial charge on any atom is 0.188 e. The molecule has 20 heavy (non-hydrogen) atoms. The third-order valence-corrected chi connectivity index (χ3v) is 3.90. The molecule has 1 unspecified atom stereocenters. The Labute approximate surface area is 125 Å². The molecule has 0 aliphatic heterocycles. The van der Waals surface area contributed by atoms with Gasteiger partial charge in [-0.1, -0.05) is 43.0 Å². The van der Waals surface area contributed by atoms with Gasteiger partial charge in [0, 0.05) is 11.1 Å². The Balaban J connectivity index is 1.82. The Hall–Kier alpha value is -1.26. The molecule has 1 atom stereocenters. The highest BCUT2D eigenvalue weighted by atomic mass is 35.5. The van der Waals surface area contributed by atoms with Crippen LogP contribution >= 0.6 is 11.6 Å². The Kier molecular flexibility index (Phi) is 5.68. The van der Waals surface area contributed by atoms with Crippen molar-refractivity contribution in [1.29, 1.82) is 0 Å². The number of hydrogen-bond acceptors (Lipinski definition) is 2. The molecule has 0 bridgehead atoms. The molecule has 4 nitrogen and oxygen atoms in total. The number of guanidine groups is 1. The van der Waals surface area contributed by atoms with E-state index >= 15 is 0 Å². The van der Waals surface area contributed by atoms with Crippen molar-refractivity contribution in [2.75, 3.05) is 6.54 Å². The minimum atomic E-state index is -0.654. The van der Waals surface area contributed by atoms with Gasteiger partial charge in [-0.2, -0.15) is 0 Å². The third-order valence-electron chi connectivity index (χ3n) is 3.65. The standard InChI is InChI=1S/C15H22ClN3O/c16-12-8-6-11(7-9-12)14(20)10-18-15(17)19-13-4-2-1-3-5-13/h6-9,13-14,20H,1-5,10H2,(H3,17,18,19). The van der Waals surface area contributed by atoms with Crippen LogP contribution in [0.1, 0.15) is 43.8 Å². The van der Waals surface area contributed by atoms with Crippen LogP contribution < -0.4 is 11.1 Å². The summed E-state index contributed by atoms with van der Waals surface area (Å²) >= 11 is 5.81. The summed E-state index contributed by atoms with van der Waals surface area (Å²) in [5.74, 6) is 0.421. The molecule has 1 saturated carbocycles. The molecule has 0 saturated heterocycles. The first-order valence-electron chi connectivity index (χ1n) is 7.15. The van der Waals surface area contributed by atoms with Crippen molar-refractivity contribution in [1.82, 2.24) is 5.32 Å². The topological polar surface area (TPSA) is 70.6 Å². The Bertz CT molecular complexity index is 441. The largest absolute Gasteiger partial charge is 0.386 e. The number of aliphatic hydroxyl groups excluding tert-OH is 1. The zero-order valence-electron chi connectivity index (χ0n) is 11.6. The highest BCUT2D eigenvalue weighted by molar-refractivity contribution is 6.30. The predicted molar refractivity (Wildman–Crippen MR) is 82.9 cm³/mol. The van der Waals surface area contributed by atoms with Crippen molar-refractivity contribution < 1.29 is 5.11 Å². The van der Waals surface area contributed by atoms with E-state index in [1.165, 1.54) is 19.3 Å². The van der Waals surface area contributed by atoms with Crippen LogP contribution in [0.15, 0.2) is 29.3 Å². The van der Waals surface area contributed by atoms with Crippen LogP contribution in [0.2, 0.25) is 5.02 Å². The molecule has 4 N–H and O–H groups in total. The molecule has 0 amide bonds. The van der Waals surface area contributed by atoms with Gasteiger partial charge in [0.1, 0.15) is 0 Å². The molecule has 1 aromatic rings. The van der Waals surface area contributed by atoms with Crippen LogP contribution in [0.4, 0.5) is 0 Å². The lowest BCUT2D eigenvalue weighted by Gasteiger charge is -2.23. The van der Waals surface area contributed by atoms with E-state index in [-0.39, 0.29) is 6.54 Å². The maximum atomic E-state index is 10.0. The zero-order chi connectivity index (χ0) is 14.4. The summed E-state index contributed by atoms with van der Waals surface area (Å²) in [5.41, 5.74) is 6.66. The van der Waals surface area contributed by atoms with Gasteiger partial charge in [0.15, 0.2) is 5.96 Å². The number of nitrogens with zero attached hydrogens (tertiary/aromatic N) is 1. The van der Waals surface area contributed by atoms with Crippen molar-refractivity contribution >= 4 is 17.6 Å². The second-order valence-electron chi connectivity index (χ2n) is 5.27. The minimum absolute atomic E-state index is 0.257. The number of rotatable bonds is 4. The molecular formula is C15H22ClN3O. The monoisotopic (exact) mass is 295 g/mol. The summed E-state index contributed by atoms with van der Waals surface area (Å²) in [5, 5.41) is 13.9. The van der Waals surface area contributed by atoms with Gasteiger partial charge in [0.05, 0.1) is 12.6 Å². The molecule has 1 fully saturated rings. The average Bonchev–Trinajstić information content (AvgIpc) is 2.46. The van der Waals surface area contributed by atoms with E-state index in [4.69, 9.17) is 17.3 Å². The molecule has 1 aliphatic carbocycles. The van der Waals surface area contributed by atoms with Gasteiger partial charge in [-0.25, -0.2) is 0 Å². The number of nitrogens with one attached hydrogen (secondary N) is 1. The summed E-state index contributed by atoms with van der Waals surface area (Å²) in [6.45, 7) is 0.257. The van der Waals surface area contributed by atoms with Gasteiger partial charge in [-0.05, 0) is 30.5 Å². The second kappa shape index (κ2) is 7.50. The van der Waals surface area contributed by atoms with Gasteiger partial charge >= 0.3 is 0 Å². The molecule has 0 radical (unpaired) electrons. The van der Waals surface area contributed by atoms with Gasteiger partial charge in [-0.3, -0.25) is 4.99 Å². The summed E-state index contributed by atoms with van der Waals surface area (Å²) in [4.78, 5) is 4.22. The maximum absolute atomic E-state index is 10.0. The zero-order valence-corrected chi connectivity index (χ0v) is 12.3. The van der Waals surface area contributed by atoms with Gasteiger partial charge in [0.2, 0.25) is 0 Å². The van der Waals surface area contributed by atoms with Crippen molar-refractivity contribution in [3.63, 3.8) is 0 Å². The molecule has 0 aromatic heterocycles. The van der Waals surface area contributed by atoms with E-state index in [0.717, 1.165) is 18.4 Å². The highest BCUT2D eigenvalue weighted by Gasteiger charge is 2.13. The Morgan fingerprint density at radius 3 is 2.60 bits per heavy atom. The molecule has 1 aliphatic rings. The van der Waals surface area contributed by atoms with Gasteiger partial charge in [0.25, 0.3) is 0 Å². The van der Waals surface area contributed by atoms with Crippen molar-refractivity contribution in [2.45, 2.75) is 44.2 Å². The minimum Gasteiger partial charge on any atom is -0.386 e. The quantitative estimate of drug-likeness (QED) is 0.591. The van der Waals surface area contributed by atoms with Gasteiger partial charge in [-0.15, -0.1) is 0 Å². The molecule has 110 valence electrons. The number of halogens is 1. The molecule has 0 spiro atoms. The first-order chi connectivity index (χ1) is 9.65. The molecule has 1 aromatic carbocycles. The lowest BCUT2D eigenvalue weighted by Crippen LogP contribution is -2.41. The smallest absolute Gasteiger partial charge is 0.188 e. The van der Waals surface area contributed by atoms with Crippen molar-refractivity contribution in [2.24, 2.45) is 10.7 Å². The average molecular weight is 296 g/mol. The fourth-order valence-corrected chi connectivity index (χ4v) is 2.60. The Morgan fingerprint density at radius 2 is 1.95 bits per heavy atom. The van der Waals surface area contributed by atoms with Crippen molar-refractivity contribution in [3.8, 4) is 0 Å². The van der Waals surface area contributed by atoms with E-state index in [2.05, 4.69) is 10.3 Å². The fraction of sp³-hybridized carbons (Fsp3) is 0.533. The normalized spacial score (nSPS) is 18.8. The van der Waals surface area contributed by atoms with E-state index in [1.54, 1.807) is 24.3 Å². The number of aliphatic imine (C=N–C) groups is 1. The summed E-state index contributed by atoms with van der Waals surface area (Å²) < 4.78 is 0. The van der Waals surface area contributed by atoms with Gasteiger partial charge < -0.3 is 16.2 Å². The van der Waals surface area contributed by atoms with Crippen LogP contribution in [-0.2, 0) is 0 Å². The highest BCUT2D eigenvalue weighted by Crippen LogP contribution is 2.18. The number of aliphatic hydroxyl groups is 1. The Morgan fingerprint density at radius 1 is 1.30 bits per heavy atom. The second-order valence-corrected chi connectivity index (χ2v) is 5.71. The summed E-state index contributed by atoms with van der Waals surface area (Å²) in [7, 11) is 0. The van der Waals surface area contributed by atoms with E-state index < -0.39 is 6.10 Å². The van der Waals surface area contributed by atoms with Crippen molar-refractivity contribution in [3.05, 3.63) is 34.9 Å². The van der Waals surface area contributed by atoms with Crippen LogP contribution in [0.3, 0.4) is 0 Å². The van der Waals surface area contributed by atoms with Crippen LogP contribution in [0, 0.1) is 0 Å². The predicted octanol–water partition coefficient (Wildman–Crippen LogP) is 2.61. The number of nitrogens with two attached hydrogens (primary N) is 1. The molecule has 2 rings (SSSR count). The lowest BCUT2D eigenvalue weighted by molar-refractivity contribution is 0.187. The summed E-state index contributed by atoms with van der Waals surface area (Å²) in [6.07, 6.45) is 5.45. The summed E-state index contributed by atoms with van der Waals surface area (Å²) in [6, 6.07) is 7.54. The molecule has 5 heteroatoms. The van der Waals surface area contributed by atoms with E-state index in [0.29, 0.717) is 17.0 Å². The first kappa shape index (κ1) is 15.1. The molecular weight excluding hydrogens is 274 g/mol. The third kappa shape index (κ3) is 4.69. The first-order valence-corrected chi connectivity index (χ1v) is 7.53. The fourth-order valence-electron chi connectivity index (χ4n) is 2.48. The SMILES string of the molecule is NC(=NCC(O)c1ccc(Cl)cc1)NC1CCCCC1. The van der Waals surface area contributed by atoms with Crippen LogP contribution in [0.5, 0.6) is 0 Å². The number of hydrogen-bond donors (Lipinski definition) is 3. The van der Waals surface area contributed by atoms with E-state index in [9.17, 15) is 5.11 Å².